The number of urea groups is 2. The highest BCUT2D eigenvalue weighted by atomic mass is 16.2. The minimum Gasteiger partial charge on any atom is -0.313 e. The van der Waals surface area contributed by atoms with Gasteiger partial charge in [0, 0.05) is 12.8 Å². The fraction of sp³-hybridized carbons (Fsp3) is 0.600. The van der Waals surface area contributed by atoms with Gasteiger partial charge < -0.3 is 10.6 Å². The van der Waals surface area contributed by atoms with E-state index < -0.39 is 36.2 Å². The molecule has 2 atom stereocenters. The Hall–Kier alpha value is -2.12. The Morgan fingerprint density at radius 1 is 0.944 bits per heavy atom. The van der Waals surface area contributed by atoms with Crippen LogP contribution in [0.3, 0.4) is 0 Å². The van der Waals surface area contributed by atoms with Crippen molar-refractivity contribution in [1.82, 2.24) is 20.4 Å². The molecule has 6 amide bonds. The van der Waals surface area contributed by atoms with E-state index in [2.05, 4.69) is 10.6 Å². The topological polar surface area (TPSA) is 98.8 Å². The van der Waals surface area contributed by atoms with E-state index >= 15 is 0 Å². The summed E-state index contributed by atoms with van der Waals surface area (Å²) in [6.07, 6.45) is -1.33. The molecule has 8 nitrogen and oxygen atoms in total. The molecule has 0 bridgehead atoms. The van der Waals surface area contributed by atoms with Crippen molar-refractivity contribution in [2.75, 3.05) is 0 Å². The summed E-state index contributed by atoms with van der Waals surface area (Å²) in [5, 5.41) is 4.93. The van der Waals surface area contributed by atoms with Crippen LogP contribution in [0.5, 0.6) is 0 Å². The van der Waals surface area contributed by atoms with Gasteiger partial charge in [0.05, 0.1) is 0 Å². The van der Waals surface area contributed by atoms with E-state index in [9.17, 15) is 19.2 Å². The maximum absolute atomic E-state index is 11.7. The SMILES string of the molecule is CCC(=O)N1C(=O)NC2C1NC(=O)N2C(=O)CC. The van der Waals surface area contributed by atoms with Gasteiger partial charge in [-0.2, -0.15) is 0 Å². The van der Waals surface area contributed by atoms with Crippen LogP contribution in [0, 0.1) is 0 Å². The zero-order valence-electron chi connectivity index (χ0n) is 10.1. The largest absolute Gasteiger partial charge is 0.327 e. The minimum absolute atomic E-state index is 0.147. The molecule has 18 heavy (non-hydrogen) atoms. The molecule has 0 aromatic rings. The Balaban J connectivity index is 2.27. The van der Waals surface area contributed by atoms with Gasteiger partial charge in [0.2, 0.25) is 11.8 Å². The fourth-order valence-corrected chi connectivity index (χ4v) is 2.09. The summed E-state index contributed by atoms with van der Waals surface area (Å²) < 4.78 is 0. The Morgan fingerprint density at radius 3 is 1.56 bits per heavy atom. The summed E-state index contributed by atoms with van der Waals surface area (Å²) in [7, 11) is 0. The minimum atomic E-state index is -0.812. The number of hydrogen-bond donors (Lipinski definition) is 2. The zero-order valence-corrected chi connectivity index (χ0v) is 10.1. The quantitative estimate of drug-likeness (QED) is 0.698. The lowest BCUT2D eigenvalue weighted by atomic mass is 10.3. The van der Waals surface area contributed by atoms with E-state index in [0.717, 1.165) is 9.80 Å². The normalized spacial score (nSPS) is 25.9. The van der Waals surface area contributed by atoms with Crippen LogP contribution >= 0.6 is 0 Å². The lowest BCUT2D eigenvalue weighted by Gasteiger charge is -2.19. The van der Waals surface area contributed by atoms with Crippen LogP contribution < -0.4 is 10.6 Å². The molecular formula is C10H14N4O4. The maximum Gasteiger partial charge on any atom is 0.327 e. The number of rotatable bonds is 2. The van der Waals surface area contributed by atoms with Crippen LogP contribution in [-0.4, -0.2) is 46.0 Å². The Labute approximate surface area is 103 Å². The van der Waals surface area contributed by atoms with E-state index in [1.54, 1.807) is 13.8 Å². The van der Waals surface area contributed by atoms with Crippen molar-refractivity contribution in [1.29, 1.82) is 0 Å². The first-order chi connectivity index (χ1) is 8.51. The van der Waals surface area contributed by atoms with Crippen LogP contribution in [0.15, 0.2) is 0 Å². The number of hydrogen-bond acceptors (Lipinski definition) is 4. The van der Waals surface area contributed by atoms with Crippen LogP contribution in [0.25, 0.3) is 0 Å². The number of carbonyl (C=O) groups is 4. The highest BCUT2D eigenvalue weighted by Gasteiger charge is 2.53. The molecule has 0 radical (unpaired) electrons. The van der Waals surface area contributed by atoms with Crippen molar-refractivity contribution in [3.63, 3.8) is 0 Å². The van der Waals surface area contributed by atoms with Crippen LogP contribution in [0.4, 0.5) is 9.59 Å². The summed E-state index contributed by atoms with van der Waals surface area (Å²) in [5.41, 5.74) is 0. The molecule has 2 unspecified atom stereocenters. The van der Waals surface area contributed by atoms with E-state index in [1.807, 2.05) is 0 Å². The van der Waals surface area contributed by atoms with Gasteiger partial charge in [-0.1, -0.05) is 13.8 Å². The summed E-state index contributed by atoms with van der Waals surface area (Å²) in [6.45, 7) is 3.24. The fourth-order valence-electron chi connectivity index (χ4n) is 2.09. The van der Waals surface area contributed by atoms with Crippen molar-refractivity contribution < 1.29 is 19.2 Å². The highest BCUT2D eigenvalue weighted by molar-refractivity contribution is 6.02. The average molecular weight is 254 g/mol. The Bertz CT molecular complexity index is 396. The molecule has 2 fully saturated rings. The lowest BCUT2D eigenvalue weighted by molar-refractivity contribution is -0.132. The van der Waals surface area contributed by atoms with Gasteiger partial charge in [-0.25, -0.2) is 19.4 Å². The van der Waals surface area contributed by atoms with Crippen molar-refractivity contribution >= 4 is 23.9 Å². The van der Waals surface area contributed by atoms with Gasteiger partial charge in [0.25, 0.3) is 0 Å². The summed E-state index contributed by atoms with van der Waals surface area (Å²) in [5.74, 6) is -0.794. The second-order valence-electron chi connectivity index (χ2n) is 4.02. The molecule has 0 saturated carbocycles. The van der Waals surface area contributed by atoms with Crippen LogP contribution in [0.1, 0.15) is 26.7 Å². The maximum atomic E-state index is 11.7. The van der Waals surface area contributed by atoms with Gasteiger partial charge in [-0.3, -0.25) is 9.59 Å². The first kappa shape index (κ1) is 12.3. The molecule has 0 aliphatic carbocycles. The van der Waals surface area contributed by atoms with Gasteiger partial charge >= 0.3 is 12.1 Å². The summed E-state index contributed by atoms with van der Waals surface area (Å²) >= 11 is 0. The van der Waals surface area contributed by atoms with E-state index in [4.69, 9.17) is 0 Å². The Kier molecular flexibility index (Phi) is 2.93. The van der Waals surface area contributed by atoms with Crippen molar-refractivity contribution in [3.05, 3.63) is 0 Å². The van der Waals surface area contributed by atoms with Crippen molar-refractivity contribution in [3.8, 4) is 0 Å². The summed E-state index contributed by atoms with van der Waals surface area (Å²) in [4.78, 5) is 48.5. The third-order valence-electron chi connectivity index (χ3n) is 2.98. The second kappa shape index (κ2) is 4.28. The van der Waals surface area contributed by atoms with Gasteiger partial charge in [0.1, 0.15) is 0 Å². The number of amides is 6. The summed E-state index contributed by atoms with van der Waals surface area (Å²) in [6, 6.07) is -1.18. The number of nitrogens with one attached hydrogen (secondary N) is 2. The molecule has 2 saturated heterocycles. The second-order valence-corrected chi connectivity index (χ2v) is 4.02. The molecular weight excluding hydrogens is 240 g/mol. The van der Waals surface area contributed by atoms with Crippen molar-refractivity contribution in [2.24, 2.45) is 0 Å². The van der Waals surface area contributed by atoms with Gasteiger partial charge in [-0.15, -0.1) is 0 Å². The predicted octanol–water partition coefficient (Wildman–Crippen LogP) is -0.438. The predicted molar refractivity (Wildman–Crippen MR) is 58.9 cm³/mol. The Morgan fingerprint density at radius 2 is 1.28 bits per heavy atom. The first-order valence-corrected chi connectivity index (χ1v) is 5.76. The molecule has 2 aliphatic rings. The molecule has 2 heterocycles. The molecule has 2 rings (SSSR count). The molecule has 98 valence electrons. The van der Waals surface area contributed by atoms with Gasteiger partial charge in [0.15, 0.2) is 12.3 Å². The number of fused-ring (bicyclic) bond motifs is 1. The lowest BCUT2D eigenvalue weighted by Crippen LogP contribution is -2.46. The molecule has 8 heteroatoms. The number of carbonyl (C=O) groups excluding carboxylic acids is 4. The average Bonchev–Trinajstić information content (AvgIpc) is 2.80. The third-order valence-corrected chi connectivity index (χ3v) is 2.98. The third kappa shape index (κ3) is 1.60. The van der Waals surface area contributed by atoms with Gasteiger partial charge in [-0.05, 0) is 0 Å². The number of imide groups is 2. The van der Waals surface area contributed by atoms with Crippen LogP contribution in [0.2, 0.25) is 0 Å². The molecule has 0 spiro atoms. The van der Waals surface area contributed by atoms with E-state index in [-0.39, 0.29) is 12.8 Å². The van der Waals surface area contributed by atoms with E-state index in [0.29, 0.717) is 0 Å². The monoisotopic (exact) mass is 254 g/mol. The smallest absolute Gasteiger partial charge is 0.313 e. The molecule has 0 aromatic heterocycles. The zero-order chi connectivity index (χ0) is 13.4. The molecule has 0 aromatic carbocycles. The highest BCUT2D eigenvalue weighted by Crippen LogP contribution is 2.22. The van der Waals surface area contributed by atoms with E-state index in [1.165, 1.54) is 0 Å². The van der Waals surface area contributed by atoms with Crippen LogP contribution in [-0.2, 0) is 9.59 Å². The van der Waals surface area contributed by atoms with Crippen molar-refractivity contribution in [2.45, 2.75) is 39.0 Å². The molecule has 2 N–H and O–H groups in total. The number of nitrogens with zero attached hydrogens (tertiary/aromatic N) is 2. The first-order valence-electron chi connectivity index (χ1n) is 5.76. The molecule has 2 aliphatic heterocycles. The standard InChI is InChI=1S/C10H14N4O4/c1-3-5(15)13-7-8(12-9(13)17)14(6(16)4-2)10(18)11-7/h7-8H,3-4H2,1-2H3,(H,11,18)(H,12,17).